The molecule has 2 amide bonds. The van der Waals surface area contributed by atoms with Crippen molar-refractivity contribution in [2.75, 3.05) is 10.6 Å². The minimum Gasteiger partial charge on any atom is -0.480 e. The van der Waals surface area contributed by atoms with Crippen molar-refractivity contribution in [3.8, 4) is 11.5 Å². The number of carbonyl (C=O) groups is 2. The molecule has 0 spiro atoms. The third-order valence-corrected chi connectivity index (χ3v) is 4.79. The fraction of sp³-hybridized carbons (Fsp3) is 0.130. The molecule has 0 aliphatic carbocycles. The highest BCUT2D eigenvalue weighted by atomic mass is 35.5. The lowest BCUT2D eigenvalue weighted by atomic mass is 10.1. The number of hydrogen-bond donors (Lipinski definition) is 2. The molecule has 0 radical (unpaired) electrons. The van der Waals surface area contributed by atoms with E-state index in [0.717, 1.165) is 6.07 Å². The van der Waals surface area contributed by atoms with Crippen molar-refractivity contribution < 1.29 is 41.0 Å². The first-order valence-corrected chi connectivity index (χ1v) is 10.2. The molecule has 0 unspecified atom stereocenters. The summed E-state index contributed by atoms with van der Waals surface area (Å²) in [4.78, 5) is 24.8. The Balaban J connectivity index is 1.94. The summed E-state index contributed by atoms with van der Waals surface area (Å²) in [5.74, 6) is -3.97. The Kier molecular flexibility index (Phi) is 7.80. The Morgan fingerprint density at radius 2 is 1.63 bits per heavy atom. The van der Waals surface area contributed by atoms with E-state index in [9.17, 15) is 31.5 Å². The van der Waals surface area contributed by atoms with E-state index in [1.165, 1.54) is 24.3 Å². The fourth-order valence-corrected chi connectivity index (χ4v) is 2.92. The van der Waals surface area contributed by atoms with Gasteiger partial charge in [-0.05, 0) is 37.3 Å². The molecule has 0 bridgehead atoms. The molecular formula is C23H16ClF5N2O4. The van der Waals surface area contributed by atoms with Crippen molar-refractivity contribution in [1.29, 1.82) is 0 Å². The number of anilines is 2. The van der Waals surface area contributed by atoms with Gasteiger partial charge < -0.3 is 14.8 Å². The second kappa shape index (κ2) is 10.6. The van der Waals surface area contributed by atoms with Gasteiger partial charge in [-0.25, -0.2) is 13.6 Å². The maximum atomic E-state index is 14.7. The van der Waals surface area contributed by atoms with E-state index in [1.54, 1.807) is 18.2 Å². The molecule has 3 aromatic rings. The predicted octanol–water partition coefficient (Wildman–Crippen LogP) is 6.81. The molecule has 0 saturated carbocycles. The van der Waals surface area contributed by atoms with Crippen LogP contribution in [0.25, 0.3) is 0 Å². The van der Waals surface area contributed by atoms with Crippen LogP contribution < -0.4 is 20.1 Å². The number of ether oxygens (including phenoxy) is 2. The first kappa shape index (κ1) is 25.8. The van der Waals surface area contributed by atoms with Gasteiger partial charge in [0, 0.05) is 6.07 Å². The lowest BCUT2D eigenvalue weighted by Crippen LogP contribution is -2.32. The molecule has 0 saturated heterocycles. The van der Waals surface area contributed by atoms with Gasteiger partial charge in [0.1, 0.15) is 23.1 Å². The predicted molar refractivity (Wildman–Crippen MR) is 118 cm³/mol. The largest absolute Gasteiger partial charge is 0.480 e. The first-order chi connectivity index (χ1) is 16.5. The second-order valence-corrected chi connectivity index (χ2v) is 7.42. The molecule has 0 aliphatic heterocycles. The van der Waals surface area contributed by atoms with Crippen LogP contribution >= 0.6 is 11.6 Å². The number of halogens is 6. The molecule has 12 heteroatoms. The smallest absolute Gasteiger partial charge is 0.425 e. The quantitative estimate of drug-likeness (QED) is 0.354. The Morgan fingerprint density at radius 1 is 0.943 bits per heavy atom. The minimum absolute atomic E-state index is 0.116. The van der Waals surface area contributed by atoms with Crippen LogP contribution in [0.15, 0.2) is 60.7 Å². The molecule has 6 nitrogen and oxygen atoms in total. The van der Waals surface area contributed by atoms with Gasteiger partial charge in [-0.15, -0.1) is 0 Å². The topological polar surface area (TPSA) is 76.7 Å². The standard InChI is InChI=1S/C23H16ClF5N2O4/c1-12(23(27,28)29)34-19-11-18(30-22(33)35-13-6-3-2-4-7-13)17(26)10-14(19)21(32)31-20-15(24)8-5-9-16(20)25/h2-12H,1H3,(H,30,33)(H,31,32)/t12-/m0/s1. The molecule has 3 rings (SSSR count). The summed E-state index contributed by atoms with van der Waals surface area (Å²) >= 11 is 5.86. The van der Waals surface area contributed by atoms with Crippen molar-refractivity contribution in [3.05, 3.63) is 82.9 Å². The number of carbonyl (C=O) groups excluding carboxylic acids is 2. The normalized spacial score (nSPS) is 12.0. The van der Waals surface area contributed by atoms with Crippen molar-refractivity contribution in [3.63, 3.8) is 0 Å². The van der Waals surface area contributed by atoms with Crippen LogP contribution in [0.2, 0.25) is 5.02 Å². The van der Waals surface area contributed by atoms with E-state index >= 15 is 0 Å². The molecule has 2 N–H and O–H groups in total. The van der Waals surface area contributed by atoms with Crippen LogP contribution in [0.4, 0.5) is 38.1 Å². The van der Waals surface area contributed by atoms with Crippen molar-refractivity contribution in [2.45, 2.75) is 19.2 Å². The van der Waals surface area contributed by atoms with E-state index in [0.29, 0.717) is 19.1 Å². The van der Waals surface area contributed by atoms with Crippen LogP contribution in [0, 0.1) is 11.6 Å². The van der Waals surface area contributed by atoms with Crippen molar-refractivity contribution in [2.24, 2.45) is 0 Å². The minimum atomic E-state index is -4.84. The van der Waals surface area contributed by atoms with E-state index in [1.807, 2.05) is 5.32 Å². The molecule has 3 aromatic carbocycles. The average Bonchev–Trinajstić information content (AvgIpc) is 2.78. The number of benzene rings is 3. The average molecular weight is 515 g/mol. The summed E-state index contributed by atoms with van der Waals surface area (Å²) in [6, 6.07) is 12.4. The van der Waals surface area contributed by atoms with Gasteiger partial charge in [0.15, 0.2) is 6.10 Å². The highest BCUT2D eigenvalue weighted by Crippen LogP contribution is 2.33. The molecule has 0 aliphatic rings. The summed E-state index contributed by atoms with van der Waals surface area (Å²) in [5.41, 5.74) is -1.81. The van der Waals surface area contributed by atoms with E-state index < -0.39 is 58.6 Å². The van der Waals surface area contributed by atoms with Gasteiger partial charge in [0.2, 0.25) is 0 Å². The Hall–Kier alpha value is -3.86. The van der Waals surface area contributed by atoms with Crippen LogP contribution in [-0.4, -0.2) is 24.3 Å². The summed E-state index contributed by atoms with van der Waals surface area (Å²) in [6.07, 6.45) is -8.41. The van der Waals surface area contributed by atoms with Crippen molar-refractivity contribution in [1.82, 2.24) is 0 Å². The monoisotopic (exact) mass is 514 g/mol. The van der Waals surface area contributed by atoms with Gasteiger partial charge >= 0.3 is 12.3 Å². The van der Waals surface area contributed by atoms with Crippen molar-refractivity contribution >= 4 is 35.0 Å². The number of rotatable bonds is 6. The van der Waals surface area contributed by atoms with Gasteiger partial charge in [0.25, 0.3) is 5.91 Å². The second-order valence-electron chi connectivity index (χ2n) is 7.01. The van der Waals surface area contributed by atoms with Gasteiger partial charge in [-0.1, -0.05) is 35.9 Å². The van der Waals surface area contributed by atoms with Gasteiger partial charge in [-0.2, -0.15) is 13.2 Å². The zero-order valence-corrected chi connectivity index (χ0v) is 18.5. The molecule has 35 heavy (non-hydrogen) atoms. The first-order valence-electron chi connectivity index (χ1n) is 9.82. The number of para-hydroxylation sites is 2. The maximum Gasteiger partial charge on any atom is 0.425 e. The summed E-state index contributed by atoms with van der Waals surface area (Å²) in [7, 11) is 0. The zero-order chi connectivity index (χ0) is 25.8. The van der Waals surface area contributed by atoms with Crippen LogP contribution in [0.5, 0.6) is 11.5 Å². The lowest BCUT2D eigenvalue weighted by Gasteiger charge is -2.21. The molecule has 0 fully saturated rings. The zero-order valence-electron chi connectivity index (χ0n) is 17.8. The molecular weight excluding hydrogens is 499 g/mol. The fourth-order valence-electron chi connectivity index (χ4n) is 2.71. The summed E-state index contributed by atoms with van der Waals surface area (Å²) < 4.78 is 77.9. The van der Waals surface area contributed by atoms with E-state index in [-0.39, 0.29) is 10.8 Å². The summed E-state index contributed by atoms with van der Waals surface area (Å²) in [6.45, 7) is 0.662. The van der Waals surface area contributed by atoms with Gasteiger partial charge in [0.05, 0.1) is 22.0 Å². The number of alkyl halides is 3. The van der Waals surface area contributed by atoms with Crippen LogP contribution in [0.3, 0.4) is 0 Å². The highest BCUT2D eigenvalue weighted by molar-refractivity contribution is 6.34. The number of amides is 2. The Labute approximate surface area is 200 Å². The number of hydrogen-bond acceptors (Lipinski definition) is 4. The lowest BCUT2D eigenvalue weighted by molar-refractivity contribution is -0.189. The number of nitrogens with one attached hydrogen (secondary N) is 2. The third kappa shape index (κ3) is 6.60. The van der Waals surface area contributed by atoms with Crippen LogP contribution in [0.1, 0.15) is 17.3 Å². The maximum absolute atomic E-state index is 14.7. The van der Waals surface area contributed by atoms with E-state index in [2.05, 4.69) is 5.32 Å². The molecule has 1 atom stereocenters. The molecule has 184 valence electrons. The third-order valence-electron chi connectivity index (χ3n) is 4.47. The Morgan fingerprint density at radius 3 is 2.26 bits per heavy atom. The van der Waals surface area contributed by atoms with Crippen LogP contribution in [-0.2, 0) is 0 Å². The molecule has 0 heterocycles. The van der Waals surface area contributed by atoms with Gasteiger partial charge in [-0.3, -0.25) is 10.1 Å². The van der Waals surface area contributed by atoms with E-state index in [4.69, 9.17) is 21.1 Å². The summed E-state index contributed by atoms with van der Waals surface area (Å²) in [5, 5.41) is 3.91. The SMILES string of the molecule is C[C@H](Oc1cc(NC(=O)Oc2ccccc2)c(F)cc1C(=O)Nc1c(F)cccc1Cl)C(F)(F)F. The molecule has 0 aromatic heterocycles. The Bertz CT molecular complexity index is 1220. The highest BCUT2D eigenvalue weighted by Gasteiger charge is 2.39.